The first-order valence-corrected chi connectivity index (χ1v) is 6.72. The number of nitrogens with zero attached hydrogens (tertiary/aromatic N) is 1. The molecule has 1 saturated heterocycles. The van der Waals surface area contributed by atoms with Crippen LogP contribution in [0.3, 0.4) is 0 Å². The van der Waals surface area contributed by atoms with Crippen LogP contribution in [0.25, 0.3) is 0 Å². The standard InChI is InChI=1S/C15H21N3O/c1-5-6-16-15-17-13(14(19)18-15)12-10(3)7-9(2)8-11(12)4/h7-8,13H,5-6H2,1-4H3,(H2,16,17,18,19). The summed E-state index contributed by atoms with van der Waals surface area (Å²) in [7, 11) is 0. The number of guanidine groups is 1. The van der Waals surface area contributed by atoms with Crippen molar-refractivity contribution in [1.82, 2.24) is 10.6 Å². The van der Waals surface area contributed by atoms with Crippen molar-refractivity contribution >= 4 is 11.9 Å². The number of carbonyl (C=O) groups excluding carboxylic acids is 1. The maximum absolute atomic E-state index is 12.1. The van der Waals surface area contributed by atoms with Crippen molar-refractivity contribution in [1.29, 1.82) is 0 Å². The van der Waals surface area contributed by atoms with Crippen molar-refractivity contribution < 1.29 is 4.79 Å². The Labute approximate surface area is 114 Å². The van der Waals surface area contributed by atoms with E-state index in [9.17, 15) is 4.79 Å². The van der Waals surface area contributed by atoms with E-state index in [1.807, 2.05) is 13.8 Å². The van der Waals surface area contributed by atoms with Gasteiger partial charge in [-0.25, -0.2) is 0 Å². The molecule has 1 atom stereocenters. The van der Waals surface area contributed by atoms with Crippen LogP contribution in [0.1, 0.15) is 41.6 Å². The minimum absolute atomic E-state index is 0.0232. The molecule has 4 heteroatoms. The molecule has 1 aliphatic rings. The Morgan fingerprint density at radius 1 is 1.21 bits per heavy atom. The Hall–Kier alpha value is -1.84. The third-order valence-electron chi connectivity index (χ3n) is 3.31. The molecule has 0 radical (unpaired) electrons. The first-order chi connectivity index (χ1) is 9.02. The number of hydrogen-bond donors (Lipinski definition) is 2. The fraction of sp³-hybridized carbons (Fsp3) is 0.467. The van der Waals surface area contributed by atoms with Gasteiger partial charge in [-0.1, -0.05) is 24.6 Å². The Morgan fingerprint density at radius 3 is 2.42 bits per heavy atom. The summed E-state index contributed by atoms with van der Waals surface area (Å²) in [5.74, 6) is 0.570. The number of rotatable bonds is 3. The minimum Gasteiger partial charge on any atom is -0.340 e. The van der Waals surface area contributed by atoms with Crippen LogP contribution in [0.15, 0.2) is 17.1 Å². The van der Waals surface area contributed by atoms with Gasteiger partial charge in [0.15, 0.2) is 5.96 Å². The van der Waals surface area contributed by atoms with E-state index in [-0.39, 0.29) is 11.9 Å². The highest BCUT2D eigenvalue weighted by atomic mass is 16.2. The molecule has 1 aromatic carbocycles. The molecule has 2 N–H and O–H groups in total. The normalized spacial score (nSPS) is 20.5. The summed E-state index contributed by atoms with van der Waals surface area (Å²) in [5.41, 5.74) is 4.56. The van der Waals surface area contributed by atoms with Crippen LogP contribution in [-0.4, -0.2) is 18.4 Å². The van der Waals surface area contributed by atoms with Gasteiger partial charge in [0.2, 0.25) is 0 Å². The van der Waals surface area contributed by atoms with Gasteiger partial charge in [0, 0.05) is 6.54 Å². The average molecular weight is 259 g/mol. The Morgan fingerprint density at radius 2 is 1.84 bits per heavy atom. The minimum atomic E-state index is -0.323. The fourth-order valence-electron chi connectivity index (χ4n) is 2.59. The second-order valence-corrected chi connectivity index (χ2v) is 5.11. The monoisotopic (exact) mass is 259 g/mol. The lowest BCUT2D eigenvalue weighted by Gasteiger charge is -2.15. The van der Waals surface area contributed by atoms with E-state index in [1.54, 1.807) is 0 Å². The van der Waals surface area contributed by atoms with E-state index >= 15 is 0 Å². The molecule has 0 bridgehead atoms. The molecule has 102 valence electrons. The summed E-state index contributed by atoms with van der Waals surface area (Å²) in [6, 6.07) is 3.90. The van der Waals surface area contributed by atoms with Gasteiger partial charge >= 0.3 is 0 Å². The lowest BCUT2D eigenvalue weighted by Crippen LogP contribution is -2.25. The Balaban J connectivity index is 2.31. The van der Waals surface area contributed by atoms with Gasteiger partial charge in [-0.2, -0.15) is 0 Å². The highest BCUT2D eigenvalue weighted by Crippen LogP contribution is 2.25. The topological polar surface area (TPSA) is 53.5 Å². The quantitative estimate of drug-likeness (QED) is 0.873. The smallest absolute Gasteiger partial charge is 0.253 e. The third-order valence-corrected chi connectivity index (χ3v) is 3.31. The molecular weight excluding hydrogens is 238 g/mol. The lowest BCUT2D eigenvalue weighted by molar-refractivity contribution is -0.120. The summed E-state index contributed by atoms with van der Waals surface area (Å²) in [5, 5.41) is 5.99. The van der Waals surface area contributed by atoms with E-state index in [2.05, 4.69) is 41.6 Å². The van der Waals surface area contributed by atoms with Crippen molar-refractivity contribution in [3.63, 3.8) is 0 Å². The van der Waals surface area contributed by atoms with Crippen LogP contribution in [0.4, 0.5) is 0 Å². The second-order valence-electron chi connectivity index (χ2n) is 5.11. The van der Waals surface area contributed by atoms with Gasteiger partial charge in [0.05, 0.1) is 0 Å². The SMILES string of the molecule is CCCN=C1NC(=O)C(c2c(C)cc(C)cc2C)N1. The third kappa shape index (κ3) is 2.78. The van der Waals surface area contributed by atoms with Crippen LogP contribution >= 0.6 is 0 Å². The van der Waals surface area contributed by atoms with Crippen LogP contribution in [-0.2, 0) is 4.79 Å². The number of aliphatic imine (C=N–C) groups is 1. The molecule has 0 aromatic heterocycles. The highest BCUT2D eigenvalue weighted by Gasteiger charge is 2.31. The van der Waals surface area contributed by atoms with Crippen LogP contribution in [0, 0.1) is 20.8 Å². The van der Waals surface area contributed by atoms with Gasteiger partial charge in [-0.3, -0.25) is 15.1 Å². The van der Waals surface area contributed by atoms with E-state index in [4.69, 9.17) is 0 Å². The second kappa shape index (κ2) is 5.43. The van der Waals surface area contributed by atoms with E-state index in [1.165, 1.54) is 5.56 Å². The number of nitrogens with one attached hydrogen (secondary N) is 2. The van der Waals surface area contributed by atoms with Crippen molar-refractivity contribution in [2.45, 2.75) is 40.2 Å². The van der Waals surface area contributed by atoms with Crippen molar-refractivity contribution in [3.8, 4) is 0 Å². The zero-order valence-electron chi connectivity index (χ0n) is 12.0. The first-order valence-electron chi connectivity index (χ1n) is 6.72. The Bertz CT molecular complexity index is 511. The molecule has 0 aliphatic carbocycles. The predicted octanol–water partition coefficient (Wildman–Crippen LogP) is 2.14. The number of aryl methyl sites for hydroxylation is 3. The molecule has 2 rings (SSSR count). The molecule has 1 fully saturated rings. The summed E-state index contributed by atoms with van der Waals surface area (Å²) in [4.78, 5) is 16.4. The van der Waals surface area contributed by atoms with Gasteiger partial charge in [-0.15, -0.1) is 0 Å². The van der Waals surface area contributed by atoms with Gasteiger partial charge in [-0.05, 0) is 43.9 Å². The van der Waals surface area contributed by atoms with E-state index in [0.29, 0.717) is 5.96 Å². The zero-order valence-corrected chi connectivity index (χ0v) is 12.0. The maximum Gasteiger partial charge on any atom is 0.253 e. The van der Waals surface area contributed by atoms with Crippen molar-refractivity contribution in [2.24, 2.45) is 4.99 Å². The number of benzene rings is 1. The molecule has 1 heterocycles. The molecule has 1 aromatic rings. The van der Waals surface area contributed by atoms with Crippen LogP contribution in [0.2, 0.25) is 0 Å². The van der Waals surface area contributed by atoms with E-state index in [0.717, 1.165) is 29.7 Å². The summed E-state index contributed by atoms with van der Waals surface area (Å²) >= 11 is 0. The Kier molecular flexibility index (Phi) is 3.88. The molecule has 1 unspecified atom stereocenters. The van der Waals surface area contributed by atoms with Crippen molar-refractivity contribution in [2.75, 3.05) is 6.54 Å². The molecule has 4 nitrogen and oxygen atoms in total. The number of amides is 1. The fourth-order valence-corrected chi connectivity index (χ4v) is 2.59. The van der Waals surface area contributed by atoms with Crippen molar-refractivity contribution in [3.05, 3.63) is 34.4 Å². The number of hydrogen-bond acceptors (Lipinski definition) is 2. The first kappa shape index (κ1) is 13.6. The number of carbonyl (C=O) groups is 1. The molecule has 19 heavy (non-hydrogen) atoms. The molecule has 0 saturated carbocycles. The summed E-state index contributed by atoms with van der Waals surface area (Å²) in [6.07, 6.45) is 0.967. The lowest BCUT2D eigenvalue weighted by atomic mass is 9.94. The molecule has 1 aliphatic heterocycles. The van der Waals surface area contributed by atoms with Crippen LogP contribution < -0.4 is 10.6 Å². The molecular formula is C15H21N3O. The molecule has 1 amide bonds. The summed E-state index contributed by atoms with van der Waals surface area (Å²) in [6.45, 7) is 8.95. The van der Waals surface area contributed by atoms with Gasteiger partial charge in [0.25, 0.3) is 5.91 Å². The molecule has 0 spiro atoms. The largest absolute Gasteiger partial charge is 0.340 e. The maximum atomic E-state index is 12.1. The predicted molar refractivity (Wildman–Crippen MR) is 77.3 cm³/mol. The van der Waals surface area contributed by atoms with Crippen LogP contribution in [0.5, 0.6) is 0 Å². The summed E-state index contributed by atoms with van der Waals surface area (Å²) < 4.78 is 0. The van der Waals surface area contributed by atoms with E-state index < -0.39 is 0 Å². The van der Waals surface area contributed by atoms with Gasteiger partial charge < -0.3 is 5.32 Å². The van der Waals surface area contributed by atoms with Gasteiger partial charge in [0.1, 0.15) is 6.04 Å². The zero-order chi connectivity index (χ0) is 14.0. The highest BCUT2D eigenvalue weighted by molar-refractivity contribution is 6.07. The average Bonchev–Trinajstić information content (AvgIpc) is 2.67.